The Morgan fingerprint density at radius 3 is 2.65 bits per heavy atom. The summed E-state index contributed by atoms with van der Waals surface area (Å²) in [6, 6.07) is 23.5. The summed E-state index contributed by atoms with van der Waals surface area (Å²) in [5.74, 6) is -0.0187. The quantitative estimate of drug-likeness (QED) is 0.463. The number of hydrogen-bond donors (Lipinski definition) is 0. The largest absolute Gasteiger partial charge is 0.337 e. The van der Waals surface area contributed by atoms with Crippen LogP contribution in [0.3, 0.4) is 0 Å². The van der Waals surface area contributed by atoms with Crippen molar-refractivity contribution in [3.8, 4) is 0 Å². The van der Waals surface area contributed by atoms with Crippen LogP contribution in [0.1, 0.15) is 15.9 Å². The van der Waals surface area contributed by atoms with Crippen molar-refractivity contribution in [3.63, 3.8) is 0 Å². The zero-order valence-corrected chi connectivity index (χ0v) is 15.1. The maximum atomic E-state index is 12.9. The highest BCUT2D eigenvalue weighted by atomic mass is 35.5. The molecule has 0 spiro atoms. The van der Waals surface area contributed by atoms with Crippen LogP contribution >= 0.6 is 11.6 Å². The molecule has 4 aromatic rings. The Labute approximate surface area is 156 Å². The van der Waals surface area contributed by atoms with Crippen molar-refractivity contribution in [3.05, 3.63) is 89.1 Å². The molecule has 3 nitrogen and oxygen atoms in total. The molecule has 1 heterocycles. The molecule has 26 heavy (non-hydrogen) atoms. The molecule has 0 aliphatic heterocycles. The number of rotatable bonds is 3. The zero-order valence-electron chi connectivity index (χ0n) is 14.3. The molecule has 0 unspecified atom stereocenters. The Morgan fingerprint density at radius 1 is 0.962 bits per heavy atom. The van der Waals surface area contributed by atoms with E-state index in [0.717, 1.165) is 16.5 Å². The number of carbonyl (C=O) groups is 1. The third kappa shape index (κ3) is 3.14. The minimum absolute atomic E-state index is 0.0187. The molecule has 0 radical (unpaired) electrons. The molecule has 0 saturated carbocycles. The monoisotopic (exact) mass is 360 g/mol. The highest BCUT2D eigenvalue weighted by molar-refractivity contribution is 6.29. The van der Waals surface area contributed by atoms with E-state index in [2.05, 4.69) is 29.2 Å². The van der Waals surface area contributed by atoms with E-state index in [0.29, 0.717) is 17.3 Å². The first-order valence-electron chi connectivity index (χ1n) is 8.40. The number of carbonyl (C=O) groups excluding carboxylic acids is 1. The predicted molar refractivity (Wildman–Crippen MR) is 106 cm³/mol. The fourth-order valence-electron chi connectivity index (χ4n) is 3.21. The zero-order chi connectivity index (χ0) is 18.1. The van der Waals surface area contributed by atoms with Gasteiger partial charge in [-0.2, -0.15) is 0 Å². The maximum Gasteiger partial charge on any atom is 0.253 e. The van der Waals surface area contributed by atoms with E-state index < -0.39 is 0 Å². The molecule has 4 heteroatoms. The first-order valence-corrected chi connectivity index (χ1v) is 8.78. The molecular weight excluding hydrogens is 344 g/mol. The Kier molecular flexibility index (Phi) is 4.31. The van der Waals surface area contributed by atoms with Crippen LogP contribution in [0.25, 0.3) is 21.7 Å². The van der Waals surface area contributed by atoms with E-state index >= 15 is 0 Å². The standard InChI is InChI=1S/C22H17ClN2O/c1-25(14-18-7-4-6-15-5-2-3-8-19(15)18)22(26)17-9-11-20-16(13-17)10-12-21(23)24-20/h2-13H,14H2,1H3. The number of benzene rings is 3. The summed E-state index contributed by atoms with van der Waals surface area (Å²) in [6.07, 6.45) is 0. The van der Waals surface area contributed by atoms with Gasteiger partial charge in [0.25, 0.3) is 5.91 Å². The summed E-state index contributed by atoms with van der Waals surface area (Å²) < 4.78 is 0. The molecule has 0 atom stereocenters. The van der Waals surface area contributed by atoms with E-state index in [9.17, 15) is 4.79 Å². The number of pyridine rings is 1. The van der Waals surface area contributed by atoms with Crippen LogP contribution in [0, 0.1) is 0 Å². The number of nitrogens with zero attached hydrogens (tertiary/aromatic N) is 2. The molecule has 128 valence electrons. The van der Waals surface area contributed by atoms with E-state index in [1.165, 1.54) is 10.8 Å². The lowest BCUT2D eigenvalue weighted by Crippen LogP contribution is -2.26. The van der Waals surface area contributed by atoms with Gasteiger partial charge in [0.1, 0.15) is 5.15 Å². The minimum Gasteiger partial charge on any atom is -0.337 e. The molecule has 0 aliphatic carbocycles. The molecule has 1 amide bonds. The van der Waals surface area contributed by atoms with Crippen molar-refractivity contribution in [1.29, 1.82) is 0 Å². The van der Waals surface area contributed by atoms with Gasteiger partial charge in [0, 0.05) is 24.5 Å². The van der Waals surface area contributed by atoms with Crippen molar-refractivity contribution >= 4 is 39.2 Å². The summed E-state index contributed by atoms with van der Waals surface area (Å²) in [5.41, 5.74) is 2.56. The number of aromatic nitrogens is 1. The fraction of sp³-hybridized carbons (Fsp3) is 0.0909. The van der Waals surface area contributed by atoms with E-state index in [-0.39, 0.29) is 5.91 Å². The van der Waals surface area contributed by atoms with Crippen LogP contribution in [0.2, 0.25) is 5.15 Å². The molecule has 0 fully saturated rings. The molecule has 0 bridgehead atoms. The second kappa shape index (κ2) is 6.77. The molecule has 0 aliphatic rings. The molecule has 1 aromatic heterocycles. The molecule has 3 aromatic carbocycles. The van der Waals surface area contributed by atoms with Crippen LogP contribution in [0.4, 0.5) is 0 Å². The summed E-state index contributed by atoms with van der Waals surface area (Å²) in [6.45, 7) is 0.553. The van der Waals surface area contributed by atoms with Gasteiger partial charge in [-0.1, -0.05) is 54.1 Å². The van der Waals surface area contributed by atoms with Crippen molar-refractivity contribution in [2.24, 2.45) is 0 Å². The lowest BCUT2D eigenvalue weighted by molar-refractivity contribution is 0.0786. The topological polar surface area (TPSA) is 33.2 Å². The average molecular weight is 361 g/mol. The summed E-state index contributed by atoms with van der Waals surface area (Å²) in [4.78, 5) is 18.9. The van der Waals surface area contributed by atoms with Crippen LogP contribution in [0.5, 0.6) is 0 Å². The summed E-state index contributed by atoms with van der Waals surface area (Å²) in [7, 11) is 1.83. The summed E-state index contributed by atoms with van der Waals surface area (Å²) in [5, 5.41) is 3.70. The molecular formula is C22H17ClN2O. The van der Waals surface area contributed by atoms with Gasteiger partial charge in [-0.15, -0.1) is 0 Å². The Hall–Kier alpha value is -2.91. The Bertz CT molecular complexity index is 1120. The highest BCUT2D eigenvalue weighted by Gasteiger charge is 2.14. The number of halogens is 1. The van der Waals surface area contributed by atoms with Gasteiger partial charge >= 0.3 is 0 Å². The second-order valence-electron chi connectivity index (χ2n) is 6.34. The van der Waals surface area contributed by atoms with E-state index in [1.54, 1.807) is 17.0 Å². The van der Waals surface area contributed by atoms with Gasteiger partial charge in [0.05, 0.1) is 5.52 Å². The third-order valence-electron chi connectivity index (χ3n) is 4.54. The van der Waals surface area contributed by atoms with Crippen molar-refractivity contribution in [1.82, 2.24) is 9.88 Å². The van der Waals surface area contributed by atoms with Gasteiger partial charge in [-0.3, -0.25) is 4.79 Å². The van der Waals surface area contributed by atoms with Gasteiger partial charge in [0.2, 0.25) is 0 Å². The van der Waals surface area contributed by atoms with Crippen LogP contribution < -0.4 is 0 Å². The van der Waals surface area contributed by atoms with E-state index in [4.69, 9.17) is 11.6 Å². The van der Waals surface area contributed by atoms with Gasteiger partial charge in [0.15, 0.2) is 0 Å². The average Bonchev–Trinajstić information content (AvgIpc) is 2.67. The first kappa shape index (κ1) is 16.6. The van der Waals surface area contributed by atoms with Crippen LogP contribution in [-0.4, -0.2) is 22.8 Å². The Balaban J connectivity index is 1.62. The van der Waals surface area contributed by atoms with Crippen LogP contribution in [0.15, 0.2) is 72.8 Å². The smallest absolute Gasteiger partial charge is 0.253 e. The fourth-order valence-corrected chi connectivity index (χ4v) is 3.37. The molecule has 4 rings (SSSR count). The Morgan fingerprint density at radius 2 is 1.77 bits per heavy atom. The predicted octanol–water partition coefficient (Wildman–Crippen LogP) is 5.31. The van der Waals surface area contributed by atoms with Crippen molar-refractivity contribution < 1.29 is 4.79 Å². The van der Waals surface area contributed by atoms with Crippen molar-refractivity contribution in [2.75, 3.05) is 7.05 Å². The van der Waals surface area contributed by atoms with Gasteiger partial charge in [-0.05, 0) is 46.7 Å². The second-order valence-corrected chi connectivity index (χ2v) is 6.73. The normalized spacial score (nSPS) is 11.0. The van der Waals surface area contributed by atoms with Gasteiger partial charge in [-0.25, -0.2) is 4.98 Å². The molecule has 0 saturated heterocycles. The lowest BCUT2D eigenvalue weighted by Gasteiger charge is -2.19. The summed E-state index contributed by atoms with van der Waals surface area (Å²) >= 11 is 5.92. The van der Waals surface area contributed by atoms with Crippen LogP contribution in [-0.2, 0) is 6.54 Å². The maximum absolute atomic E-state index is 12.9. The SMILES string of the molecule is CN(Cc1cccc2ccccc12)C(=O)c1ccc2nc(Cl)ccc2c1. The number of hydrogen-bond acceptors (Lipinski definition) is 2. The molecule has 0 N–H and O–H groups in total. The lowest BCUT2D eigenvalue weighted by atomic mass is 10.0. The van der Waals surface area contributed by atoms with Crippen molar-refractivity contribution in [2.45, 2.75) is 6.54 Å². The first-order chi connectivity index (χ1) is 12.6. The number of amides is 1. The number of fused-ring (bicyclic) bond motifs is 2. The minimum atomic E-state index is -0.0187. The highest BCUT2D eigenvalue weighted by Crippen LogP contribution is 2.21. The van der Waals surface area contributed by atoms with Gasteiger partial charge < -0.3 is 4.90 Å². The van der Waals surface area contributed by atoms with E-state index in [1.807, 2.05) is 43.4 Å². The third-order valence-corrected chi connectivity index (χ3v) is 4.75.